The monoisotopic (exact) mass is 428 g/mol. The highest BCUT2D eigenvalue weighted by atomic mass is 35.5. The van der Waals surface area contributed by atoms with Crippen molar-refractivity contribution in [3.63, 3.8) is 0 Å². The second-order valence-corrected chi connectivity index (χ2v) is 8.67. The molecule has 0 atom stereocenters. The minimum Gasteiger partial charge on any atom is -0.378 e. The number of benzene rings is 2. The molecule has 0 N–H and O–H groups in total. The Balaban J connectivity index is 1.96. The molecule has 0 bridgehead atoms. The molecule has 0 saturated carbocycles. The molecule has 3 rings (SSSR count). The fourth-order valence-corrected chi connectivity index (χ4v) is 4.43. The summed E-state index contributed by atoms with van der Waals surface area (Å²) >= 11 is 11.9. The molecule has 144 valence electrons. The third kappa shape index (κ3) is 4.73. The van der Waals surface area contributed by atoms with Crippen LogP contribution in [0.15, 0.2) is 53.4 Å². The van der Waals surface area contributed by atoms with E-state index in [9.17, 15) is 13.2 Å². The maximum absolute atomic E-state index is 13.2. The lowest BCUT2D eigenvalue weighted by atomic mass is 10.3. The zero-order valence-electron chi connectivity index (χ0n) is 14.3. The lowest BCUT2D eigenvalue weighted by Gasteiger charge is -2.30. The highest BCUT2D eigenvalue weighted by Gasteiger charge is 2.29. The summed E-state index contributed by atoms with van der Waals surface area (Å²) in [5.74, 6) is -0.296. The van der Waals surface area contributed by atoms with Gasteiger partial charge in [0.2, 0.25) is 5.91 Å². The molecule has 27 heavy (non-hydrogen) atoms. The van der Waals surface area contributed by atoms with Crippen LogP contribution in [0.1, 0.15) is 0 Å². The minimum atomic E-state index is -3.98. The normalized spacial score (nSPS) is 14.8. The zero-order chi connectivity index (χ0) is 19.4. The summed E-state index contributed by atoms with van der Waals surface area (Å²) < 4.78 is 32.8. The Morgan fingerprint density at radius 1 is 1.04 bits per heavy atom. The van der Waals surface area contributed by atoms with Crippen LogP contribution >= 0.6 is 23.2 Å². The van der Waals surface area contributed by atoms with E-state index in [1.165, 1.54) is 30.3 Å². The largest absolute Gasteiger partial charge is 0.378 e. The van der Waals surface area contributed by atoms with Gasteiger partial charge in [0.25, 0.3) is 10.0 Å². The van der Waals surface area contributed by atoms with E-state index in [0.29, 0.717) is 42.0 Å². The number of rotatable bonds is 5. The number of amides is 1. The van der Waals surface area contributed by atoms with Gasteiger partial charge < -0.3 is 9.64 Å². The molecule has 1 heterocycles. The summed E-state index contributed by atoms with van der Waals surface area (Å²) in [6.45, 7) is 1.41. The summed E-state index contributed by atoms with van der Waals surface area (Å²) in [6.07, 6.45) is 0. The van der Waals surface area contributed by atoms with Crippen LogP contribution in [-0.2, 0) is 19.6 Å². The number of hydrogen-bond acceptors (Lipinski definition) is 4. The maximum Gasteiger partial charge on any atom is 0.264 e. The van der Waals surface area contributed by atoms with Gasteiger partial charge in [0.05, 0.1) is 23.8 Å². The Morgan fingerprint density at radius 3 is 2.33 bits per heavy atom. The van der Waals surface area contributed by atoms with Crippen LogP contribution in [0.2, 0.25) is 10.0 Å². The van der Waals surface area contributed by atoms with E-state index >= 15 is 0 Å². The Morgan fingerprint density at radius 2 is 1.70 bits per heavy atom. The molecule has 2 aromatic rings. The molecule has 1 aliphatic rings. The standard InChI is InChI=1S/C18H18Cl2N2O4S/c19-14-4-6-17(7-5-14)27(24,25)22(16-3-1-2-15(20)12-16)13-18(23)21-8-10-26-11-9-21/h1-7,12H,8-11,13H2. The summed E-state index contributed by atoms with van der Waals surface area (Å²) in [4.78, 5) is 14.3. The average molecular weight is 429 g/mol. The lowest BCUT2D eigenvalue weighted by Crippen LogP contribution is -2.47. The van der Waals surface area contributed by atoms with Gasteiger partial charge in [0.1, 0.15) is 6.54 Å². The molecule has 0 radical (unpaired) electrons. The van der Waals surface area contributed by atoms with Gasteiger partial charge in [-0.2, -0.15) is 0 Å². The number of halogens is 2. The molecule has 0 spiro atoms. The molecule has 9 heteroatoms. The fraction of sp³-hybridized carbons (Fsp3) is 0.278. The van der Waals surface area contributed by atoms with Crippen LogP contribution in [-0.4, -0.2) is 52.1 Å². The first-order valence-corrected chi connectivity index (χ1v) is 10.5. The number of anilines is 1. The summed E-state index contributed by atoms with van der Waals surface area (Å²) in [5, 5.41) is 0.801. The minimum absolute atomic E-state index is 0.0432. The second-order valence-electron chi connectivity index (χ2n) is 5.94. The molecule has 6 nitrogen and oxygen atoms in total. The van der Waals surface area contributed by atoms with Crippen LogP contribution in [0.5, 0.6) is 0 Å². The van der Waals surface area contributed by atoms with Gasteiger partial charge in [0.15, 0.2) is 0 Å². The Labute approximate surface area is 168 Å². The van der Waals surface area contributed by atoms with Crippen molar-refractivity contribution in [2.24, 2.45) is 0 Å². The molecule has 1 fully saturated rings. The molecule has 1 amide bonds. The average Bonchev–Trinajstić information content (AvgIpc) is 2.67. The number of morpholine rings is 1. The van der Waals surface area contributed by atoms with Crippen molar-refractivity contribution in [1.82, 2.24) is 4.90 Å². The van der Waals surface area contributed by atoms with Gasteiger partial charge in [-0.3, -0.25) is 9.10 Å². The molecule has 2 aromatic carbocycles. The fourth-order valence-electron chi connectivity index (χ4n) is 2.72. The van der Waals surface area contributed by atoms with Crippen molar-refractivity contribution in [3.05, 3.63) is 58.6 Å². The van der Waals surface area contributed by atoms with E-state index in [1.54, 1.807) is 23.1 Å². The number of hydrogen-bond donors (Lipinski definition) is 0. The molecular formula is C18H18Cl2N2O4S. The van der Waals surface area contributed by atoms with E-state index in [-0.39, 0.29) is 17.3 Å². The molecule has 1 aliphatic heterocycles. The van der Waals surface area contributed by atoms with Crippen LogP contribution < -0.4 is 4.31 Å². The quantitative estimate of drug-likeness (QED) is 0.733. The van der Waals surface area contributed by atoms with E-state index in [0.717, 1.165) is 4.31 Å². The number of carbonyl (C=O) groups is 1. The second kappa shape index (κ2) is 8.48. The molecular weight excluding hydrogens is 411 g/mol. The van der Waals surface area contributed by atoms with Gasteiger partial charge in [0, 0.05) is 23.1 Å². The maximum atomic E-state index is 13.2. The Bertz CT molecular complexity index is 913. The summed E-state index contributed by atoms with van der Waals surface area (Å²) in [5.41, 5.74) is 0.319. The molecule has 0 aromatic heterocycles. The smallest absolute Gasteiger partial charge is 0.264 e. The predicted molar refractivity (Wildman–Crippen MR) is 105 cm³/mol. The van der Waals surface area contributed by atoms with Crippen molar-refractivity contribution in [1.29, 1.82) is 0 Å². The lowest BCUT2D eigenvalue weighted by molar-refractivity contribution is -0.133. The number of nitrogens with zero attached hydrogens (tertiary/aromatic N) is 2. The summed E-state index contributed by atoms with van der Waals surface area (Å²) in [6, 6.07) is 12.2. The van der Waals surface area contributed by atoms with Crippen LogP contribution in [0.25, 0.3) is 0 Å². The van der Waals surface area contributed by atoms with E-state index in [1.807, 2.05) is 0 Å². The van der Waals surface area contributed by atoms with Crippen molar-refractivity contribution in [2.45, 2.75) is 4.90 Å². The highest BCUT2D eigenvalue weighted by molar-refractivity contribution is 7.92. The van der Waals surface area contributed by atoms with Gasteiger partial charge in [-0.05, 0) is 42.5 Å². The first-order chi connectivity index (χ1) is 12.9. The van der Waals surface area contributed by atoms with Crippen molar-refractivity contribution >= 4 is 44.8 Å². The SMILES string of the molecule is O=C(CN(c1cccc(Cl)c1)S(=O)(=O)c1ccc(Cl)cc1)N1CCOCC1. The van der Waals surface area contributed by atoms with Gasteiger partial charge in [-0.1, -0.05) is 29.3 Å². The van der Waals surface area contributed by atoms with E-state index in [4.69, 9.17) is 27.9 Å². The van der Waals surface area contributed by atoms with Crippen molar-refractivity contribution < 1.29 is 17.9 Å². The number of carbonyl (C=O) groups excluding carboxylic acids is 1. The van der Waals surface area contributed by atoms with E-state index in [2.05, 4.69) is 0 Å². The third-order valence-electron chi connectivity index (χ3n) is 4.14. The Kier molecular flexibility index (Phi) is 6.26. The van der Waals surface area contributed by atoms with E-state index < -0.39 is 10.0 Å². The van der Waals surface area contributed by atoms with Crippen molar-refractivity contribution in [2.75, 3.05) is 37.2 Å². The van der Waals surface area contributed by atoms with Gasteiger partial charge in [-0.15, -0.1) is 0 Å². The van der Waals surface area contributed by atoms with Gasteiger partial charge in [-0.25, -0.2) is 8.42 Å². The number of ether oxygens (including phenoxy) is 1. The van der Waals surface area contributed by atoms with Crippen LogP contribution in [0, 0.1) is 0 Å². The number of sulfonamides is 1. The Hall–Kier alpha value is -1.80. The first-order valence-electron chi connectivity index (χ1n) is 8.27. The molecule has 0 unspecified atom stereocenters. The van der Waals surface area contributed by atoms with Gasteiger partial charge >= 0.3 is 0 Å². The topological polar surface area (TPSA) is 66.9 Å². The van der Waals surface area contributed by atoms with Crippen LogP contribution in [0.3, 0.4) is 0 Å². The van der Waals surface area contributed by atoms with Crippen molar-refractivity contribution in [3.8, 4) is 0 Å². The highest BCUT2D eigenvalue weighted by Crippen LogP contribution is 2.27. The molecule has 1 saturated heterocycles. The zero-order valence-corrected chi connectivity index (χ0v) is 16.7. The molecule has 0 aliphatic carbocycles. The van der Waals surface area contributed by atoms with Crippen LogP contribution in [0.4, 0.5) is 5.69 Å². The third-order valence-corrected chi connectivity index (χ3v) is 6.42. The first kappa shape index (κ1) is 19.9. The summed E-state index contributed by atoms with van der Waals surface area (Å²) in [7, 11) is -3.98. The predicted octanol–water partition coefficient (Wildman–Crippen LogP) is 3.05.